The van der Waals surface area contributed by atoms with Crippen molar-refractivity contribution in [1.82, 2.24) is 5.32 Å². The molecular formula is C22H22N2O3. The maximum Gasteiger partial charge on any atom is 0.291 e. The Morgan fingerprint density at radius 2 is 1.67 bits per heavy atom. The van der Waals surface area contributed by atoms with Gasteiger partial charge in [0.25, 0.3) is 11.8 Å². The minimum atomic E-state index is -0.393. The van der Waals surface area contributed by atoms with Crippen LogP contribution in [0, 0.1) is 0 Å². The van der Waals surface area contributed by atoms with Gasteiger partial charge in [-0.1, -0.05) is 49.4 Å². The number of furan rings is 1. The Morgan fingerprint density at radius 1 is 0.926 bits per heavy atom. The third kappa shape index (κ3) is 4.64. The van der Waals surface area contributed by atoms with Gasteiger partial charge in [0.05, 0.1) is 17.5 Å². The van der Waals surface area contributed by atoms with Crippen molar-refractivity contribution in [3.05, 3.63) is 89.9 Å². The summed E-state index contributed by atoms with van der Waals surface area (Å²) >= 11 is 0. The van der Waals surface area contributed by atoms with Crippen LogP contribution in [0.4, 0.5) is 5.69 Å². The van der Waals surface area contributed by atoms with E-state index in [9.17, 15) is 9.59 Å². The van der Waals surface area contributed by atoms with Gasteiger partial charge in [-0.3, -0.25) is 9.59 Å². The van der Waals surface area contributed by atoms with Gasteiger partial charge in [-0.15, -0.1) is 0 Å². The highest BCUT2D eigenvalue weighted by Crippen LogP contribution is 2.20. The topological polar surface area (TPSA) is 71.3 Å². The molecule has 5 heteroatoms. The van der Waals surface area contributed by atoms with Gasteiger partial charge >= 0.3 is 0 Å². The molecule has 3 rings (SSSR count). The highest BCUT2D eigenvalue weighted by Gasteiger charge is 2.17. The molecule has 1 atom stereocenters. The summed E-state index contributed by atoms with van der Waals surface area (Å²) < 4.78 is 5.10. The number of amides is 2. The van der Waals surface area contributed by atoms with E-state index in [-0.39, 0.29) is 17.6 Å². The minimum absolute atomic E-state index is 0.195. The largest absolute Gasteiger partial charge is 0.459 e. The first-order chi connectivity index (χ1) is 13.2. The van der Waals surface area contributed by atoms with Gasteiger partial charge in [0.2, 0.25) is 0 Å². The molecule has 3 aromatic rings. The summed E-state index contributed by atoms with van der Waals surface area (Å²) in [6.07, 6.45) is 2.35. The van der Waals surface area contributed by atoms with Gasteiger partial charge in [-0.05, 0) is 36.2 Å². The van der Waals surface area contributed by atoms with Crippen LogP contribution in [0.3, 0.4) is 0 Å². The first-order valence-electron chi connectivity index (χ1n) is 8.96. The van der Waals surface area contributed by atoms with E-state index < -0.39 is 5.91 Å². The van der Waals surface area contributed by atoms with E-state index in [0.29, 0.717) is 17.8 Å². The van der Waals surface area contributed by atoms with Crippen LogP contribution >= 0.6 is 0 Å². The fraction of sp³-hybridized carbons (Fsp3) is 0.182. The molecule has 1 aromatic heterocycles. The molecule has 2 N–H and O–H groups in total. The Morgan fingerprint density at radius 3 is 2.37 bits per heavy atom. The van der Waals surface area contributed by atoms with Crippen molar-refractivity contribution in [3.63, 3.8) is 0 Å². The summed E-state index contributed by atoms with van der Waals surface area (Å²) in [5.74, 6) is -0.184. The average molecular weight is 362 g/mol. The minimum Gasteiger partial charge on any atom is -0.459 e. The Labute approximate surface area is 158 Å². The zero-order chi connectivity index (χ0) is 19.1. The number of anilines is 1. The summed E-state index contributed by atoms with van der Waals surface area (Å²) in [6.45, 7) is 2.63. The molecule has 0 aliphatic carbocycles. The average Bonchev–Trinajstić information content (AvgIpc) is 3.24. The van der Waals surface area contributed by atoms with Crippen LogP contribution in [0.5, 0.6) is 0 Å². The van der Waals surface area contributed by atoms with Crippen LogP contribution in [0.2, 0.25) is 0 Å². The molecule has 0 aliphatic rings. The van der Waals surface area contributed by atoms with Crippen molar-refractivity contribution in [3.8, 4) is 0 Å². The predicted molar refractivity (Wildman–Crippen MR) is 105 cm³/mol. The molecular weight excluding hydrogens is 340 g/mol. The van der Waals surface area contributed by atoms with Crippen LogP contribution in [0.25, 0.3) is 0 Å². The number of nitrogens with one attached hydrogen (secondary N) is 2. The van der Waals surface area contributed by atoms with E-state index in [1.165, 1.54) is 11.8 Å². The molecule has 0 radical (unpaired) electrons. The molecule has 0 saturated heterocycles. The van der Waals surface area contributed by atoms with E-state index in [1.807, 2.05) is 18.2 Å². The van der Waals surface area contributed by atoms with Gasteiger partial charge in [0.1, 0.15) is 0 Å². The molecule has 5 nitrogen and oxygen atoms in total. The second-order valence-electron chi connectivity index (χ2n) is 6.20. The van der Waals surface area contributed by atoms with Gasteiger partial charge in [0, 0.05) is 12.5 Å². The quantitative estimate of drug-likeness (QED) is 0.652. The van der Waals surface area contributed by atoms with Crippen molar-refractivity contribution < 1.29 is 14.0 Å². The molecule has 2 aromatic carbocycles. The van der Waals surface area contributed by atoms with Crippen molar-refractivity contribution in [1.29, 1.82) is 0 Å². The number of para-hydroxylation sites is 1. The predicted octanol–water partition coefficient (Wildman–Crippen LogP) is 4.46. The first kappa shape index (κ1) is 18.5. The highest BCUT2D eigenvalue weighted by atomic mass is 16.3. The van der Waals surface area contributed by atoms with Gasteiger partial charge in [0.15, 0.2) is 5.76 Å². The van der Waals surface area contributed by atoms with Gasteiger partial charge < -0.3 is 15.1 Å². The summed E-state index contributed by atoms with van der Waals surface area (Å²) in [5.41, 5.74) is 2.06. The van der Waals surface area contributed by atoms with Crippen LogP contribution in [0.15, 0.2) is 77.4 Å². The lowest BCUT2D eigenvalue weighted by molar-refractivity contribution is 0.0951. The maximum atomic E-state index is 12.7. The second-order valence-corrected chi connectivity index (χ2v) is 6.20. The SMILES string of the molecule is CC[C@@H](CNC(=O)c1ccccc1NC(=O)c1ccco1)c1ccccc1. The molecule has 0 unspecified atom stereocenters. The summed E-state index contributed by atoms with van der Waals surface area (Å²) in [5, 5.41) is 5.72. The Balaban J connectivity index is 1.69. The number of benzene rings is 2. The smallest absolute Gasteiger partial charge is 0.291 e. The van der Waals surface area contributed by atoms with Crippen molar-refractivity contribution >= 4 is 17.5 Å². The third-order valence-electron chi connectivity index (χ3n) is 4.44. The summed E-state index contributed by atoms with van der Waals surface area (Å²) in [7, 11) is 0. The van der Waals surface area contributed by atoms with Crippen LogP contribution < -0.4 is 10.6 Å². The maximum absolute atomic E-state index is 12.7. The summed E-state index contributed by atoms with van der Waals surface area (Å²) in [4.78, 5) is 24.9. The normalized spacial score (nSPS) is 11.6. The number of hydrogen-bond acceptors (Lipinski definition) is 3. The molecule has 0 aliphatic heterocycles. The molecule has 1 heterocycles. The van der Waals surface area contributed by atoms with Crippen molar-refractivity contribution in [2.45, 2.75) is 19.3 Å². The molecule has 0 saturated carbocycles. The fourth-order valence-electron chi connectivity index (χ4n) is 2.92. The van der Waals surface area contributed by atoms with Crippen molar-refractivity contribution in [2.24, 2.45) is 0 Å². The van der Waals surface area contributed by atoms with E-state index in [0.717, 1.165) is 6.42 Å². The molecule has 0 fully saturated rings. The lowest BCUT2D eigenvalue weighted by Gasteiger charge is -2.17. The number of rotatable bonds is 7. The first-order valence-corrected chi connectivity index (χ1v) is 8.96. The summed E-state index contributed by atoms with van der Waals surface area (Å²) in [6, 6.07) is 20.3. The molecule has 138 valence electrons. The third-order valence-corrected chi connectivity index (χ3v) is 4.44. The van der Waals surface area contributed by atoms with Crippen LogP contribution in [0.1, 0.15) is 45.7 Å². The fourth-order valence-corrected chi connectivity index (χ4v) is 2.92. The number of hydrogen-bond donors (Lipinski definition) is 2. The Kier molecular flexibility index (Phi) is 6.05. The monoisotopic (exact) mass is 362 g/mol. The van der Waals surface area contributed by atoms with E-state index in [4.69, 9.17) is 4.42 Å². The molecule has 27 heavy (non-hydrogen) atoms. The Hall–Kier alpha value is -3.34. The molecule has 0 spiro atoms. The van der Waals surface area contributed by atoms with E-state index >= 15 is 0 Å². The van der Waals surface area contributed by atoms with Crippen LogP contribution in [-0.4, -0.2) is 18.4 Å². The number of carbonyl (C=O) groups excluding carboxylic acids is 2. The van der Waals surface area contributed by atoms with Gasteiger partial charge in [-0.2, -0.15) is 0 Å². The van der Waals surface area contributed by atoms with E-state index in [1.54, 1.807) is 36.4 Å². The standard InChI is InChI=1S/C22H22N2O3/c1-2-16(17-9-4-3-5-10-17)15-23-21(25)18-11-6-7-12-19(18)24-22(26)20-13-8-14-27-20/h3-14,16H,2,15H2,1H3,(H,23,25)(H,24,26)/t16-/m0/s1. The zero-order valence-corrected chi connectivity index (χ0v) is 15.1. The molecule has 2 amide bonds. The van der Waals surface area contributed by atoms with Crippen LogP contribution in [-0.2, 0) is 0 Å². The second kappa shape index (κ2) is 8.85. The lowest BCUT2D eigenvalue weighted by Crippen LogP contribution is -2.29. The van der Waals surface area contributed by atoms with E-state index in [2.05, 4.69) is 29.7 Å². The Bertz CT molecular complexity index is 889. The number of carbonyl (C=O) groups is 2. The lowest BCUT2D eigenvalue weighted by atomic mass is 9.96. The highest BCUT2D eigenvalue weighted by molar-refractivity contribution is 6.07. The molecule has 0 bridgehead atoms. The van der Waals surface area contributed by atoms with Gasteiger partial charge in [-0.25, -0.2) is 0 Å². The zero-order valence-electron chi connectivity index (χ0n) is 15.1. The van der Waals surface area contributed by atoms with Crippen molar-refractivity contribution in [2.75, 3.05) is 11.9 Å².